The average Bonchev–Trinajstić information content (AvgIpc) is 2.63. The van der Waals surface area contributed by atoms with Crippen LogP contribution in [0.15, 0.2) is 4.47 Å². The molecular weight excluding hydrogens is 322 g/mol. The maximum atomic E-state index is 10.6. The molecule has 0 aliphatic heterocycles. The minimum Gasteiger partial charge on any atom is -0.481 e. The van der Waals surface area contributed by atoms with E-state index in [9.17, 15) is 4.79 Å². The van der Waals surface area contributed by atoms with Crippen molar-refractivity contribution in [1.29, 1.82) is 0 Å². The molecule has 0 aromatic carbocycles. The molecule has 0 aliphatic carbocycles. The predicted octanol–water partition coefficient (Wildman–Crippen LogP) is 2.82. The van der Waals surface area contributed by atoms with Crippen LogP contribution in [0.5, 0.6) is 0 Å². The predicted molar refractivity (Wildman–Crippen MR) is 82.7 cm³/mol. The van der Waals surface area contributed by atoms with Gasteiger partial charge in [0.2, 0.25) is 0 Å². The molecule has 0 atom stereocenters. The highest BCUT2D eigenvalue weighted by Gasteiger charge is 2.17. The maximum Gasteiger partial charge on any atom is 0.303 e. The number of rotatable bonds is 8. The number of carbonyl (C=O) groups is 1. The van der Waals surface area contributed by atoms with Gasteiger partial charge < -0.3 is 5.11 Å². The molecule has 0 bridgehead atoms. The highest BCUT2D eigenvalue weighted by Crippen LogP contribution is 2.23. The summed E-state index contributed by atoms with van der Waals surface area (Å²) < 4.78 is 2.99. The zero-order valence-corrected chi connectivity index (χ0v) is 14.3. The summed E-state index contributed by atoms with van der Waals surface area (Å²) in [6.07, 6.45) is 1.79. The number of halogens is 1. The lowest BCUT2D eigenvalue weighted by atomic mass is 10.2. The molecule has 0 saturated heterocycles. The van der Waals surface area contributed by atoms with Gasteiger partial charge in [-0.05, 0) is 49.2 Å². The molecule has 1 rings (SSSR count). The SMILES string of the molecule is CCc1nn(C)c(CN(CCCC(=O)O)C(C)C)c1Br. The lowest BCUT2D eigenvalue weighted by Crippen LogP contribution is -2.32. The van der Waals surface area contributed by atoms with Gasteiger partial charge in [0.15, 0.2) is 0 Å². The van der Waals surface area contributed by atoms with Gasteiger partial charge in [-0.2, -0.15) is 5.10 Å². The highest BCUT2D eigenvalue weighted by atomic mass is 79.9. The van der Waals surface area contributed by atoms with Crippen molar-refractivity contribution in [3.05, 3.63) is 15.9 Å². The molecule has 0 spiro atoms. The first-order valence-corrected chi connectivity index (χ1v) is 7.82. The van der Waals surface area contributed by atoms with E-state index in [1.165, 1.54) is 0 Å². The maximum absolute atomic E-state index is 10.6. The second-order valence-electron chi connectivity index (χ2n) is 5.25. The van der Waals surface area contributed by atoms with Crippen LogP contribution in [0.3, 0.4) is 0 Å². The Balaban J connectivity index is 2.75. The summed E-state index contributed by atoms with van der Waals surface area (Å²) in [5, 5.41) is 13.2. The fraction of sp³-hybridized carbons (Fsp3) is 0.714. The number of hydrogen-bond acceptors (Lipinski definition) is 3. The molecule has 0 aliphatic rings. The Hall–Kier alpha value is -0.880. The molecule has 6 heteroatoms. The van der Waals surface area contributed by atoms with Gasteiger partial charge in [0, 0.05) is 26.1 Å². The van der Waals surface area contributed by atoms with E-state index in [1.54, 1.807) is 0 Å². The van der Waals surface area contributed by atoms with E-state index in [2.05, 4.69) is 46.7 Å². The second-order valence-corrected chi connectivity index (χ2v) is 6.04. The number of aliphatic carboxylic acids is 1. The van der Waals surface area contributed by atoms with Crippen molar-refractivity contribution in [2.45, 2.75) is 52.6 Å². The van der Waals surface area contributed by atoms with Crippen LogP contribution in [0.1, 0.15) is 45.0 Å². The smallest absolute Gasteiger partial charge is 0.303 e. The van der Waals surface area contributed by atoms with Gasteiger partial charge >= 0.3 is 5.97 Å². The van der Waals surface area contributed by atoms with Gasteiger partial charge in [0.25, 0.3) is 0 Å². The van der Waals surface area contributed by atoms with Gasteiger partial charge in [-0.15, -0.1) is 0 Å². The first-order chi connectivity index (χ1) is 9.36. The van der Waals surface area contributed by atoms with Crippen LogP contribution in [0.2, 0.25) is 0 Å². The van der Waals surface area contributed by atoms with E-state index in [-0.39, 0.29) is 6.42 Å². The van der Waals surface area contributed by atoms with Crippen LogP contribution in [0.25, 0.3) is 0 Å². The number of carboxylic acids is 1. The van der Waals surface area contributed by atoms with Crippen molar-refractivity contribution in [2.75, 3.05) is 6.54 Å². The molecule has 114 valence electrons. The standard InChI is InChI=1S/C14H24BrN3O2/c1-5-11-14(15)12(17(4)16-11)9-18(10(2)3)8-6-7-13(19)20/h10H,5-9H2,1-4H3,(H,19,20). The normalized spacial score (nSPS) is 11.6. The first-order valence-electron chi connectivity index (χ1n) is 7.02. The second kappa shape index (κ2) is 7.78. The van der Waals surface area contributed by atoms with E-state index in [1.807, 2.05) is 11.7 Å². The van der Waals surface area contributed by atoms with Crippen LogP contribution >= 0.6 is 15.9 Å². The molecule has 0 unspecified atom stereocenters. The van der Waals surface area contributed by atoms with E-state index >= 15 is 0 Å². The average molecular weight is 346 g/mol. The van der Waals surface area contributed by atoms with Crippen LogP contribution < -0.4 is 0 Å². The summed E-state index contributed by atoms with van der Waals surface area (Å²) in [4.78, 5) is 12.9. The van der Waals surface area contributed by atoms with E-state index < -0.39 is 5.97 Å². The van der Waals surface area contributed by atoms with Crippen molar-refractivity contribution in [2.24, 2.45) is 7.05 Å². The molecule has 5 nitrogen and oxygen atoms in total. The summed E-state index contributed by atoms with van der Waals surface area (Å²) in [5.74, 6) is -0.733. The van der Waals surface area contributed by atoms with Crippen molar-refractivity contribution in [3.8, 4) is 0 Å². The van der Waals surface area contributed by atoms with Crippen LogP contribution in [-0.2, 0) is 24.8 Å². The number of nitrogens with zero attached hydrogens (tertiary/aromatic N) is 3. The third-order valence-corrected chi connectivity index (χ3v) is 4.34. The molecule has 0 saturated carbocycles. The summed E-state index contributed by atoms with van der Waals surface area (Å²) in [5.41, 5.74) is 2.21. The molecule has 1 N–H and O–H groups in total. The van der Waals surface area contributed by atoms with Gasteiger partial charge in [0.05, 0.1) is 15.9 Å². The molecule has 1 aromatic rings. The van der Waals surface area contributed by atoms with Crippen LogP contribution in [0.4, 0.5) is 0 Å². The van der Waals surface area contributed by atoms with Gasteiger partial charge in [0.1, 0.15) is 0 Å². The third kappa shape index (κ3) is 4.59. The fourth-order valence-electron chi connectivity index (χ4n) is 2.14. The number of hydrogen-bond donors (Lipinski definition) is 1. The Morgan fingerprint density at radius 1 is 1.50 bits per heavy atom. The lowest BCUT2D eigenvalue weighted by Gasteiger charge is -2.26. The van der Waals surface area contributed by atoms with Crippen molar-refractivity contribution < 1.29 is 9.90 Å². The fourth-order valence-corrected chi connectivity index (χ4v) is 2.88. The molecule has 0 fully saturated rings. The summed E-state index contributed by atoms with van der Waals surface area (Å²) in [7, 11) is 1.95. The van der Waals surface area contributed by atoms with E-state index in [0.717, 1.165) is 35.4 Å². The minimum atomic E-state index is -0.733. The third-order valence-electron chi connectivity index (χ3n) is 3.42. The van der Waals surface area contributed by atoms with Crippen molar-refractivity contribution in [1.82, 2.24) is 14.7 Å². The van der Waals surface area contributed by atoms with E-state index in [4.69, 9.17) is 5.11 Å². The zero-order chi connectivity index (χ0) is 15.3. The quantitative estimate of drug-likeness (QED) is 0.786. The summed E-state index contributed by atoms with van der Waals surface area (Å²) >= 11 is 3.63. The monoisotopic (exact) mass is 345 g/mol. The number of aromatic nitrogens is 2. The Bertz CT molecular complexity index is 458. The number of aryl methyl sites for hydroxylation is 2. The Labute approximate surface area is 129 Å². The minimum absolute atomic E-state index is 0.218. The molecule has 1 aromatic heterocycles. The van der Waals surface area contributed by atoms with Crippen LogP contribution in [0, 0.1) is 0 Å². The topological polar surface area (TPSA) is 58.4 Å². The Morgan fingerprint density at radius 2 is 2.15 bits per heavy atom. The Kier molecular flexibility index (Phi) is 6.68. The highest BCUT2D eigenvalue weighted by molar-refractivity contribution is 9.10. The Morgan fingerprint density at radius 3 is 2.60 bits per heavy atom. The van der Waals surface area contributed by atoms with Gasteiger partial charge in [-0.25, -0.2) is 0 Å². The molecule has 0 radical (unpaired) electrons. The largest absolute Gasteiger partial charge is 0.481 e. The van der Waals surface area contributed by atoms with E-state index in [0.29, 0.717) is 12.5 Å². The van der Waals surface area contributed by atoms with Crippen molar-refractivity contribution in [3.63, 3.8) is 0 Å². The number of carboxylic acid groups (broad SMARTS) is 1. The van der Waals surface area contributed by atoms with Gasteiger partial charge in [-0.1, -0.05) is 6.92 Å². The first kappa shape index (κ1) is 17.2. The summed E-state index contributed by atoms with van der Waals surface area (Å²) in [6.45, 7) is 7.91. The molecule has 0 amide bonds. The summed E-state index contributed by atoms with van der Waals surface area (Å²) in [6, 6.07) is 0.371. The molecular formula is C14H24BrN3O2. The molecule has 1 heterocycles. The van der Waals surface area contributed by atoms with Gasteiger partial charge in [-0.3, -0.25) is 14.4 Å². The lowest BCUT2D eigenvalue weighted by molar-refractivity contribution is -0.137. The molecule has 20 heavy (non-hydrogen) atoms. The van der Waals surface area contributed by atoms with Crippen LogP contribution in [-0.4, -0.2) is 38.3 Å². The zero-order valence-electron chi connectivity index (χ0n) is 12.7. The van der Waals surface area contributed by atoms with Crippen molar-refractivity contribution >= 4 is 21.9 Å².